The second-order valence-corrected chi connectivity index (χ2v) is 10.2. The van der Waals surface area contributed by atoms with Crippen LogP contribution in [0, 0.1) is 17.6 Å². The number of halogens is 2. The summed E-state index contributed by atoms with van der Waals surface area (Å²) in [4.78, 5) is 16.2. The molecule has 0 atom stereocenters. The lowest BCUT2D eigenvalue weighted by Gasteiger charge is -2.30. The molecule has 170 valence electrons. The minimum Gasteiger partial charge on any atom is -0.459 e. The van der Waals surface area contributed by atoms with Crippen LogP contribution < -0.4 is 0 Å². The third-order valence-electron chi connectivity index (χ3n) is 5.16. The minimum atomic E-state index is -4.19. The van der Waals surface area contributed by atoms with Crippen LogP contribution in [0.2, 0.25) is 0 Å². The first-order valence-electron chi connectivity index (χ1n) is 9.79. The van der Waals surface area contributed by atoms with E-state index in [2.05, 4.69) is 10.1 Å². The Bertz CT molecular complexity index is 1230. The third kappa shape index (κ3) is 4.71. The second kappa shape index (κ2) is 9.04. The third-order valence-corrected chi connectivity index (χ3v) is 8.02. The van der Waals surface area contributed by atoms with E-state index in [9.17, 15) is 22.0 Å². The van der Waals surface area contributed by atoms with Gasteiger partial charge in [0.25, 0.3) is 0 Å². The standard InChI is InChI=1S/C20H20F2N4O4S2/c1-25-10-14(9-23-25)19-24-16(12-31-19)11-30-20(27)13-4-6-26(7-5-13)32(28,29)18-8-15(21)2-3-17(18)22/h2-3,8-10,12-13H,4-7,11H2,1H3. The molecule has 8 nitrogen and oxygen atoms in total. The van der Waals surface area contributed by atoms with E-state index >= 15 is 0 Å². The number of hydrogen-bond acceptors (Lipinski definition) is 7. The van der Waals surface area contributed by atoms with Crippen molar-refractivity contribution in [1.29, 1.82) is 0 Å². The largest absolute Gasteiger partial charge is 0.459 e. The molecule has 3 heterocycles. The van der Waals surface area contributed by atoms with Gasteiger partial charge in [-0.25, -0.2) is 22.2 Å². The van der Waals surface area contributed by atoms with E-state index in [0.717, 1.165) is 27.0 Å². The van der Waals surface area contributed by atoms with Gasteiger partial charge in [-0.15, -0.1) is 11.3 Å². The number of carbonyl (C=O) groups is 1. The van der Waals surface area contributed by atoms with Crippen molar-refractivity contribution >= 4 is 27.3 Å². The molecule has 0 saturated carbocycles. The smallest absolute Gasteiger partial charge is 0.309 e. The summed E-state index contributed by atoms with van der Waals surface area (Å²) in [6.45, 7) is 0.0441. The molecular weight excluding hydrogens is 462 g/mol. The Morgan fingerprint density at radius 3 is 2.72 bits per heavy atom. The Balaban J connectivity index is 1.32. The highest BCUT2D eigenvalue weighted by molar-refractivity contribution is 7.89. The molecule has 4 rings (SSSR count). The SMILES string of the molecule is Cn1cc(-c2nc(COC(=O)C3CCN(S(=O)(=O)c4cc(F)ccc4F)CC3)cs2)cn1. The lowest BCUT2D eigenvalue weighted by atomic mass is 9.98. The van der Waals surface area contributed by atoms with Crippen molar-refractivity contribution in [2.75, 3.05) is 13.1 Å². The number of piperidine rings is 1. The second-order valence-electron chi connectivity index (χ2n) is 7.41. The van der Waals surface area contributed by atoms with Gasteiger partial charge >= 0.3 is 5.97 Å². The number of thiazole rings is 1. The van der Waals surface area contributed by atoms with Crippen molar-refractivity contribution in [3.8, 4) is 10.6 Å². The summed E-state index contributed by atoms with van der Waals surface area (Å²) in [7, 11) is -2.38. The highest BCUT2D eigenvalue weighted by atomic mass is 32.2. The quantitative estimate of drug-likeness (QED) is 0.502. The van der Waals surface area contributed by atoms with Crippen molar-refractivity contribution in [1.82, 2.24) is 19.1 Å². The topological polar surface area (TPSA) is 94.4 Å². The molecule has 0 N–H and O–H groups in total. The summed E-state index contributed by atoms with van der Waals surface area (Å²) < 4.78 is 60.8. The zero-order valence-corrected chi connectivity index (χ0v) is 18.7. The molecule has 12 heteroatoms. The van der Waals surface area contributed by atoms with E-state index in [1.807, 2.05) is 13.2 Å². The lowest BCUT2D eigenvalue weighted by molar-refractivity contribution is -0.151. The summed E-state index contributed by atoms with van der Waals surface area (Å²) in [6.07, 6.45) is 4.00. The van der Waals surface area contributed by atoms with Gasteiger partial charge < -0.3 is 4.74 Å². The average Bonchev–Trinajstić information content (AvgIpc) is 3.42. The molecule has 1 aliphatic rings. The molecule has 1 aliphatic heterocycles. The fraction of sp³-hybridized carbons (Fsp3) is 0.350. The number of nitrogens with zero attached hydrogens (tertiary/aromatic N) is 4. The summed E-state index contributed by atoms with van der Waals surface area (Å²) >= 11 is 1.42. The fourth-order valence-corrected chi connectivity index (χ4v) is 5.77. The Kier molecular flexibility index (Phi) is 6.35. The zero-order chi connectivity index (χ0) is 22.9. The van der Waals surface area contributed by atoms with Gasteiger partial charge in [0, 0.05) is 37.3 Å². The number of rotatable bonds is 6. The number of esters is 1. The van der Waals surface area contributed by atoms with E-state index in [1.54, 1.807) is 16.3 Å². The Hall–Kier alpha value is -2.70. The molecular formula is C20H20F2N4O4S2. The maximum Gasteiger partial charge on any atom is 0.309 e. The van der Waals surface area contributed by atoms with E-state index < -0.39 is 38.4 Å². The van der Waals surface area contributed by atoms with Gasteiger partial charge in [-0.2, -0.15) is 9.40 Å². The summed E-state index contributed by atoms with van der Waals surface area (Å²) in [5, 5.41) is 6.68. The molecule has 3 aromatic rings. The first-order chi connectivity index (χ1) is 15.2. The molecule has 1 saturated heterocycles. The molecule has 0 aliphatic carbocycles. The summed E-state index contributed by atoms with van der Waals surface area (Å²) in [6, 6.07) is 2.31. The van der Waals surface area contributed by atoms with E-state index in [-0.39, 0.29) is 32.5 Å². The van der Waals surface area contributed by atoms with Crippen molar-refractivity contribution < 1.29 is 26.7 Å². The van der Waals surface area contributed by atoms with Crippen LogP contribution in [-0.4, -0.2) is 46.5 Å². The van der Waals surface area contributed by atoms with Gasteiger partial charge in [0.2, 0.25) is 10.0 Å². The van der Waals surface area contributed by atoms with Crippen molar-refractivity contribution in [3.05, 3.63) is 53.3 Å². The number of aryl methyl sites for hydroxylation is 1. The Morgan fingerprint density at radius 1 is 1.28 bits per heavy atom. The van der Waals surface area contributed by atoms with Crippen molar-refractivity contribution in [2.24, 2.45) is 13.0 Å². The minimum absolute atomic E-state index is 0.0138. The van der Waals surface area contributed by atoms with Crippen molar-refractivity contribution in [3.63, 3.8) is 0 Å². The first-order valence-corrected chi connectivity index (χ1v) is 12.1. The monoisotopic (exact) mass is 482 g/mol. The van der Waals surface area contributed by atoms with E-state index in [1.165, 1.54) is 11.3 Å². The van der Waals surface area contributed by atoms with Gasteiger partial charge in [-0.3, -0.25) is 9.48 Å². The zero-order valence-electron chi connectivity index (χ0n) is 17.1. The van der Waals surface area contributed by atoms with Crippen LogP contribution in [-0.2, 0) is 33.2 Å². The molecule has 32 heavy (non-hydrogen) atoms. The summed E-state index contributed by atoms with van der Waals surface area (Å²) in [5.74, 6) is -2.76. The predicted octanol–water partition coefficient (Wildman–Crippen LogP) is 2.97. The molecule has 1 aromatic carbocycles. The Morgan fingerprint density at radius 2 is 2.03 bits per heavy atom. The maximum absolute atomic E-state index is 13.9. The van der Waals surface area contributed by atoms with Gasteiger partial charge in [-0.1, -0.05) is 0 Å². The van der Waals surface area contributed by atoms with Gasteiger partial charge in [0.15, 0.2) is 0 Å². The van der Waals surface area contributed by atoms with Crippen molar-refractivity contribution in [2.45, 2.75) is 24.3 Å². The van der Waals surface area contributed by atoms with E-state index in [0.29, 0.717) is 11.8 Å². The Labute approximate surface area is 187 Å². The highest BCUT2D eigenvalue weighted by Gasteiger charge is 2.34. The number of carbonyl (C=O) groups excluding carboxylic acids is 1. The van der Waals surface area contributed by atoms with Crippen LogP contribution in [0.3, 0.4) is 0 Å². The molecule has 0 radical (unpaired) electrons. The number of sulfonamides is 1. The van der Waals surface area contributed by atoms with Gasteiger partial charge in [0.05, 0.1) is 17.8 Å². The van der Waals surface area contributed by atoms with Crippen LogP contribution in [0.25, 0.3) is 10.6 Å². The number of hydrogen-bond donors (Lipinski definition) is 0. The number of benzene rings is 1. The molecule has 0 spiro atoms. The first kappa shape index (κ1) is 22.5. The number of aromatic nitrogens is 3. The predicted molar refractivity (Wildman–Crippen MR) is 112 cm³/mol. The van der Waals surface area contributed by atoms with Gasteiger partial charge in [-0.05, 0) is 31.0 Å². The molecule has 0 unspecified atom stereocenters. The van der Waals surface area contributed by atoms with Crippen LogP contribution in [0.4, 0.5) is 8.78 Å². The highest BCUT2D eigenvalue weighted by Crippen LogP contribution is 2.27. The fourth-order valence-electron chi connectivity index (χ4n) is 3.45. The molecule has 0 bridgehead atoms. The van der Waals surface area contributed by atoms with Crippen LogP contribution in [0.15, 0.2) is 40.9 Å². The van der Waals surface area contributed by atoms with Crippen LogP contribution in [0.1, 0.15) is 18.5 Å². The van der Waals surface area contributed by atoms with Crippen LogP contribution >= 0.6 is 11.3 Å². The lowest BCUT2D eigenvalue weighted by Crippen LogP contribution is -2.40. The maximum atomic E-state index is 13.9. The molecule has 2 aromatic heterocycles. The molecule has 0 amide bonds. The van der Waals surface area contributed by atoms with Crippen LogP contribution in [0.5, 0.6) is 0 Å². The molecule has 1 fully saturated rings. The average molecular weight is 483 g/mol. The summed E-state index contributed by atoms with van der Waals surface area (Å²) in [5.41, 5.74) is 1.49. The van der Waals surface area contributed by atoms with E-state index in [4.69, 9.17) is 4.74 Å². The number of ether oxygens (including phenoxy) is 1. The van der Waals surface area contributed by atoms with Gasteiger partial charge in [0.1, 0.15) is 28.1 Å². The normalized spacial score (nSPS) is 15.7.